The standard InChI is InChI=1S/C24H30ClN7/c25-21-8-6-20(7-9-21)23(24-27-28-29-32(24)22-4-2-1-3-5-22)31-16-14-30(15-17-31)18-19-10-12-26-13-11-19/h6-13,22-23H,1-5,14-18H2/t23-/m0/s1. The molecule has 2 aliphatic rings. The molecule has 5 rings (SSSR count). The highest BCUT2D eigenvalue weighted by Gasteiger charge is 2.32. The maximum absolute atomic E-state index is 6.21. The Hall–Kier alpha value is -2.35. The number of rotatable bonds is 6. The molecule has 0 amide bonds. The first-order chi connectivity index (χ1) is 15.8. The molecular formula is C24H30ClN7. The van der Waals surface area contributed by atoms with E-state index >= 15 is 0 Å². The van der Waals surface area contributed by atoms with Crippen LogP contribution in [0.2, 0.25) is 5.02 Å². The summed E-state index contributed by atoms with van der Waals surface area (Å²) in [6.45, 7) is 4.92. The van der Waals surface area contributed by atoms with E-state index in [-0.39, 0.29) is 6.04 Å². The lowest BCUT2D eigenvalue weighted by Gasteiger charge is -2.39. The van der Waals surface area contributed by atoms with Crippen LogP contribution in [0.25, 0.3) is 0 Å². The number of hydrogen-bond donors (Lipinski definition) is 0. The van der Waals surface area contributed by atoms with Gasteiger partial charge in [0, 0.05) is 50.1 Å². The molecule has 0 spiro atoms. The molecule has 1 atom stereocenters. The van der Waals surface area contributed by atoms with Crippen LogP contribution in [0.3, 0.4) is 0 Å². The van der Waals surface area contributed by atoms with E-state index in [1.54, 1.807) is 0 Å². The van der Waals surface area contributed by atoms with Gasteiger partial charge < -0.3 is 0 Å². The molecule has 1 saturated carbocycles. The molecule has 2 aromatic heterocycles. The highest BCUT2D eigenvalue weighted by atomic mass is 35.5. The van der Waals surface area contributed by atoms with Crippen LogP contribution in [0.4, 0.5) is 0 Å². The fourth-order valence-corrected chi connectivity index (χ4v) is 5.19. The molecule has 0 unspecified atom stereocenters. The summed E-state index contributed by atoms with van der Waals surface area (Å²) >= 11 is 6.21. The van der Waals surface area contributed by atoms with Crippen molar-refractivity contribution in [3.8, 4) is 0 Å². The van der Waals surface area contributed by atoms with E-state index in [9.17, 15) is 0 Å². The summed E-state index contributed by atoms with van der Waals surface area (Å²) < 4.78 is 2.11. The van der Waals surface area contributed by atoms with Crippen molar-refractivity contribution in [2.45, 2.75) is 50.7 Å². The van der Waals surface area contributed by atoms with E-state index in [2.05, 4.69) is 59.3 Å². The minimum absolute atomic E-state index is 0.0345. The minimum atomic E-state index is 0.0345. The van der Waals surface area contributed by atoms with Crippen LogP contribution in [-0.2, 0) is 6.54 Å². The third kappa shape index (κ3) is 4.85. The Morgan fingerprint density at radius 1 is 0.906 bits per heavy atom. The van der Waals surface area contributed by atoms with Gasteiger partial charge in [-0.05, 0) is 58.7 Å². The fourth-order valence-electron chi connectivity index (χ4n) is 5.06. The van der Waals surface area contributed by atoms with Crippen LogP contribution in [0.1, 0.15) is 61.1 Å². The monoisotopic (exact) mass is 451 g/mol. The molecule has 1 aliphatic carbocycles. The van der Waals surface area contributed by atoms with Crippen molar-refractivity contribution < 1.29 is 0 Å². The smallest absolute Gasteiger partial charge is 0.173 e. The molecule has 1 saturated heterocycles. The minimum Gasteiger partial charge on any atom is -0.297 e. The summed E-state index contributed by atoms with van der Waals surface area (Å²) in [5.41, 5.74) is 2.51. The SMILES string of the molecule is Clc1ccc([C@@H](c2nnnn2C2CCCCC2)N2CCN(Cc3ccncc3)CC2)cc1. The Bertz CT molecular complexity index is 977. The molecule has 2 fully saturated rings. The first-order valence-electron chi connectivity index (χ1n) is 11.7. The molecule has 1 aromatic carbocycles. The molecule has 32 heavy (non-hydrogen) atoms. The number of piperazine rings is 1. The number of pyridine rings is 1. The van der Waals surface area contributed by atoms with E-state index in [0.717, 1.165) is 56.4 Å². The van der Waals surface area contributed by atoms with Crippen molar-refractivity contribution in [1.82, 2.24) is 35.0 Å². The van der Waals surface area contributed by atoms with Gasteiger partial charge in [0.1, 0.15) is 0 Å². The number of hydrogen-bond acceptors (Lipinski definition) is 6. The average Bonchev–Trinajstić information content (AvgIpc) is 3.32. The van der Waals surface area contributed by atoms with Crippen molar-refractivity contribution in [2.75, 3.05) is 26.2 Å². The lowest BCUT2D eigenvalue weighted by Crippen LogP contribution is -2.48. The molecule has 3 aromatic rings. The normalized spacial score (nSPS) is 19.8. The second-order valence-corrected chi connectivity index (χ2v) is 9.33. The predicted octanol–water partition coefficient (Wildman–Crippen LogP) is 4.13. The predicted molar refractivity (Wildman–Crippen MR) is 124 cm³/mol. The van der Waals surface area contributed by atoms with Crippen molar-refractivity contribution in [3.63, 3.8) is 0 Å². The van der Waals surface area contributed by atoms with Crippen molar-refractivity contribution in [3.05, 3.63) is 70.8 Å². The van der Waals surface area contributed by atoms with Crippen molar-refractivity contribution >= 4 is 11.6 Å². The number of nitrogens with zero attached hydrogens (tertiary/aromatic N) is 7. The summed E-state index contributed by atoms with van der Waals surface area (Å²) in [7, 11) is 0. The Labute approximate surface area is 194 Å². The van der Waals surface area contributed by atoms with E-state index < -0.39 is 0 Å². The summed E-state index contributed by atoms with van der Waals surface area (Å²) in [6.07, 6.45) is 9.87. The number of halogens is 1. The molecule has 7 nitrogen and oxygen atoms in total. The Kier molecular flexibility index (Phi) is 6.76. The van der Waals surface area contributed by atoms with Crippen LogP contribution in [0, 0.1) is 0 Å². The largest absolute Gasteiger partial charge is 0.297 e. The average molecular weight is 452 g/mol. The fraction of sp³-hybridized carbons (Fsp3) is 0.500. The second kappa shape index (κ2) is 10.1. The maximum atomic E-state index is 6.21. The number of tetrazole rings is 1. The summed E-state index contributed by atoms with van der Waals surface area (Å²) in [4.78, 5) is 9.17. The van der Waals surface area contributed by atoms with Gasteiger partial charge in [0.2, 0.25) is 0 Å². The Morgan fingerprint density at radius 2 is 1.62 bits per heavy atom. The van der Waals surface area contributed by atoms with E-state index in [1.807, 2.05) is 24.5 Å². The highest BCUT2D eigenvalue weighted by molar-refractivity contribution is 6.30. The van der Waals surface area contributed by atoms with E-state index in [0.29, 0.717) is 6.04 Å². The zero-order valence-electron chi connectivity index (χ0n) is 18.4. The molecule has 1 aliphatic heterocycles. The first kappa shape index (κ1) is 21.5. The quantitative estimate of drug-likeness (QED) is 0.561. The van der Waals surface area contributed by atoms with E-state index in [1.165, 1.54) is 30.4 Å². The first-order valence-corrected chi connectivity index (χ1v) is 12.0. The van der Waals surface area contributed by atoms with Gasteiger partial charge in [-0.3, -0.25) is 14.8 Å². The second-order valence-electron chi connectivity index (χ2n) is 8.90. The molecule has 0 N–H and O–H groups in total. The third-order valence-electron chi connectivity index (χ3n) is 6.80. The Morgan fingerprint density at radius 3 is 2.34 bits per heavy atom. The van der Waals surface area contributed by atoms with Gasteiger partial charge in [0.05, 0.1) is 12.1 Å². The van der Waals surface area contributed by atoms with Gasteiger partial charge in [0.15, 0.2) is 5.82 Å². The van der Waals surface area contributed by atoms with Crippen LogP contribution >= 0.6 is 11.6 Å². The van der Waals surface area contributed by atoms with Gasteiger partial charge in [-0.1, -0.05) is 43.0 Å². The van der Waals surface area contributed by atoms with Gasteiger partial charge in [-0.15, -0.1) is 5.10 Å². The molecular weight excluding hydrogens is 422 g/mol. The summed E-state index contributed by atoms with van der Waals surface area (Å²) in [6, 6.07) is 12.8. The molecule has 3 heterocycles. The zero-order valence-corrected chi connectivity index (χ0v) is 19.1. The molecule has 0 bridgehead atoms. The highest BCUT2D eigenvalue weighted by Crippen LogP contribution is 2.34. The number of benzene rings is 1. The van der Waals surface area contributed by atoms with E-state index in [4.69, 9.17) is 11.6 Å². The molecule has 8 heteroatoms. The van der Waals surface area contributed by atoms with Gasteiger partial charge >= 0.3 is 0 Å². The van der Waals surface area contributed by atoms with Crippen molar-refractivity contribution in [2.24, 2.45) is 0 Å². The number of aromatic nitrogens is 5. The lowest BCUT2D eigenvalue weighted by molar-refractivity contribution is 0.0986. The van der Waals surface area contributed by atoms with Crippen LogP contribution in [0.5, 0.6) is 0 Å². The van der Waals surface area contributed by atoms with Gasteiger partial charge in [0.25, 0.3) is 0 Å². The maximum Gasteiger partial charge on any atom is 0.173 e. The van der Waals surface area contributed by atoms with Crippen molar-refractivity contribution in [1.29, 1.82) is 0 Å². The summed E-state index contributed by atoms with van der Waals surface area (Å²) in [5, 5.41) is 13.9. The summed E-state index contributed by atoms with van der Waals surface area (Å²) in [5.74, 6) is 0.960. The molecule has 168 valence electrons. The third-order valence-corrected chi connectivity index (χ3v) is 7.05. The van der Waals surface area contributed by atoms with Gasteiger partial charge in [-0.2, -0.15) is 0 Å². The van der Waals surface area contributed by atoms with Crippen LogP contribution in [-0.4, -0.2) is 61.2 Å². The lowest BCUT2D eigenvalue weighted by atomic mass is 9.95. The Balaban J connectivity index is 1.37. The molecule has 0 radical (unpaired) electrons. The van der Waals surface area contributed by atoms with Crippen LogP contribution < -0.4 is 0 Å². The topological polar surface area (TPSA) is 63.0 Å². The zero-order chi connectivity index (χ0) is 21.8. The van der Waals surface area contributed by atoms with Gasteiger partial charge in [-0.25, -0.2) is 4.68 Å². The van der Waals surface area contributed by atoms with Crippen LogP contribution in [0.15, 0.2) is 48.8 Å².